The van der Waals surface area contributed by atoms with Gasteiger partial charge in [0.25, 0.3) is 0 Å². The van der Waals surface area contributed by atoms with Gasteiger partial charge >= 0.3 is 5.97 Å². The first-order chi connectivity index (χ1) is 11.4. The first-order valence-electron chi connectivity index (χ1n) is 7.28. The standard InChI is InChI=1S/C18H18INO4/c1-11-8-14(5-6-15(11)19)20-10-13-4-7-16(17(9-13)23-3)24-12(2)18(21)22/h4-10,12H,1-3H3,(H,21,22)/t12-/m1/s1. The summed E-state index contributed by atoms with van der Waals surface area (Å²) in [5, 5.41) is 8.93. The maximum Gasteiger partial charge on any atom is 0.344 e. The van der Waals surface area contributed by atoms with Gasteiger partial charge in [0.05, 0.1) is 12.8 Å². The second-order valence-electron chi connectivity index (χ2n) is 5.20. The molecule has 5 nitrogen and oxygen atoms in total. The van der Waals surface area contributed by atoms with Crippen LogP contribution < -0.4 is 9.47 Å². The van der Waals surface area contributed by atoms with E-state index in [1.54, 1.807) is 24.4 Å². The third-order valence-corrected chi connectivity index (χ3v) is 4.55. The van der Waals surface area contributed by atoms with Crippen LogP contribution in [0.25, 0.3) is 0 Å². The van der Waals surface area contributed by atoms with Crippen molar-refractivity contribution in [3.63, 3.8) is 0 Å². The zero-order valence-electron chi connectivity index (χ0n) is 13.6. The summed E-state index contributed by atoms with van der Waals surface area (Å²) in [6.07, 6.45) is 0.780. The zero-order valence-corrected chi connectivity index (χ0v) is 15.8. The molecule has 0 unspecified atom stereocenters. The van der Waals surface area contributed by atoms with Crippen LogP contribution in [-0.4, -0.2) is 30.5 Å². The summed E-state index contributed by atoms with van der Waals surface area (Å²) in [4.78, 5) is 15.3. The molecule has 0 aliphatic carbocycles. The van der Waals surface area contributed by atoms with E-state index in [0.717, 1.165) is 11.3 Å². The Hall–Kier alpha value is -2.09. The van der Waals surface area contributed by atoms with Gasteiger partial charge in [-0.05, 0) is 84.0 Å². The second kappa shape index (κ2) is 8.14. The second-order valence-corrected chi connectivity index (χ2v) is 6.36. The number of aliphatic imine (C=N–C) groups is 1. The fourth-order valence-electron chi connectivity index (χ4n) is 1.96. The van der Waals surface area contributed by atoms with Crippen LogP contribution in [0.5, 0.6) is 11.5 Å². The largest absolute Gasteiger partial charge is 0.493 e. The van der Waals surface area contributed by atoms with E-state index in [-0.39, 0.29) is 0 Å². The van der Waals surface area contributed by atoms with Gasteiger partial charge in [0, 0.05) is 9.78 Å². The molecule has 0 aliphatic rings. The van der Waals surface area contributed by atoms with Crippen molar-refractivity contribution < 1.29 is 19.4 Å². The smallest absolute Gasteiger partial charge is 0.344 e. The summed E-state index contributed by atoms with van der Waals surface area (Å²) in [6, 6.07) is 11.2. The van der Waals surface area contributed by atoms with Crippen molar-refractivity contribution in [3.05, 3.63) is 51.1 Å². The number of benzene rings is 2. The van der Waals surface area contributed by atoms with Crippen LogP contribution in [0.2, 0.25) is 0 Å². The Labute approximate surface area is 154 Å². The van der Waals surface area contributed by atoms with Crippen LogP contribution in [0.3, 0.4) is 0 Å². The van der Waals surface area contributed by atoms with E-state index in [2.05, 4.69) is 27.6 Å². The molecule has 0 heterocycles. The predicted molar refractivity (Wildman–Crippen MR) is 102 cm³/mol. The Morgan fingerprint density at radius 1 is 1.25 bits per heavy atom. The average molecular weight is 439 g/mol. The van der Waals surface area contributed by atoms with Gasteiger partial charge < -0.3 is 14.6 Å². The lowest BCUT2D eigenvalue weighted by molar-refractivity contribution is -0.144. The molecule has 2 aromatic carbocycles. The molecular weight excluding hydrogens is 421 g/mol. The number of ether oxygens (including phenoxy) is 2. The number of carboxylic acids is 1. The predicted octanol–water partition coefficient (Wildman–Crippen LogP) is 4.21. The van der Waals surface area contributed by atoms with Crippen LogP contribution in [-0.2, 0) is 4.79 Å². The molecule has 24 heavy (non-hydrogen) atoms. The van der Waals surface area contributed by atoms with Crippen molar-refractivity contribution in [3.8, 4) is 11.5 Å². The fraction of sp³-hybridized carbons (Fsp3) is 0.222. The van der Waals surface area contributed by atoms with Crippen molar-refractivity contribution in [1.29, 1.82) is 0 Å². The SMILES string of the molecule is COc1cc(C=Nc2ccc(I)c(C)c2)ccc1O[C@H](C)C(=O)O. The van der Waals surface area contributed by atoms with Crippen LogP contribution >= 0.6 is 22.6 Å². The summed E-state index contributed by atoms with van der Waals surface area (Å²) >= 11 is 2.28. The number of aliphatic carboxylic acids is 1. The summed E-state index contributed by atoms with van der Waals surface area (Å²) in [6.45, 7) is 3.51. The molecule has 0 bridgehead atoms. The van der Waals surface area contributed by atoms with Gasteiger partial charge in [-0.25, -0.2) is 4.79 Å². The monoisotopic (exact) mass is 439 g/mol. The maximum absolute atomic E-state index is 10.9. The van der Waals surface area contributed by atoms with Gasteiger partial charge in [-0.15, -0.1) is 0 Å². The lowest BCUT2D eigenvalue weighted by Crippen LogP contribution is -2.23. The van der Waals surface area contributed by atoms with Crippen molar-refractivity contribution >= 4 is 40.5 Å². The highest BCUT2D eigenvalue weighted by Gasteiger charge is 2.15. The topological polar surface area (TPSA) is 68.1 Å². The number of carboxylic acid groups (broad SMARTS) is 1. The summed E-state index contributed by atoms with van der Waals surface area (Å²) in [5.74, 6) is -0.183. The van der Waals surface area contributed by atoms with E-state index in [9.17, 15) is 4.79 Å². The molecular formula is C18H18INO4. The number of aryl methyl sites for hydroxylation is 1. The minimum Gasteiger partial charge on any atom is -0.493 e. The normalized spacial score (nSPS) is 12.2. The zero-order chi connectivity index (χ0) is 17.7. The van der Waals surface area contributed by atoms with Crippen molar-refractivity contribution in [2.24, 2.45) is 4.99 Å². The van der Waals surface area contributed by atoms with Gasteiger partial charge in [-0.1, -0.05) is 0 Å². The quantitative estimate of drug-likeness (QED) is 0.541. The molecule has 1 atom stereocenters. The van der Waals surface area contributed by atoms with E-state index in [1.807, 2.05) is 25.1 Å². The highest BCUT2D eigenvalue weighted by atomic mass is 127. The molecule has 1 N–H and O–H groups in total. The average Bonchev–Trinajstić information content (AvgIpc) is 2.56. The lowest BCUT2D eigenvalue weighted by Gasteiger charge is -2.14. The van der Waals surface area contributed by atoms with Crippen LogP contribution in [0.4, 0.5) is 5.69 Å². The number of hydrogen-bond acceptors (Lipinski definition) is 4. The van der Waals surface area contributed by atoms with E-state index in [1.165, 1.54) is 23.2 Å². The molecule has 0 aliphatic heterocycles. The molecule has 0 saturated carbocycles. The van der Waals surface area contributed by atoms with Crippen molar-refractivity contribution in [1.82, 2.24) is 0 Å². The highest BCUT2D eigenvalue weighted by molar-refractivity contribution is 14.1. The van der Waals surface area contributed by atoms with Crippen LogP contribution in [0, 0.1) is 10.5 Å². The van der Waals surface area contributed by atoms with Crippen LogP contribution in [0.15, 0.2) is 41.4 Å². The van der Waals surface area contributed by atoms with Crippen LogP contribution in [0.1, 0.15) is 18.1 Å². The maximum atomic E-state index is 10.9. The fourth-order valence-corrected chi connectivity index (χ4v) is 2.30. The van der Waals surface area contributed by atoms with Gasteiger partial charge in [0.1, 0.15) is 0 Å². The third-order valence-electron chi connectivity index (χ3n) is 3.34. The molecule has 126 valence electrons. The van der Waals surface area contributed by atoms with E-state index >= 15 is 0 Å². The highest BCUT2D eigenvalue weighted by Crippen LogP contribution is 2.29. The van der Waals surface area contributed by atoms with E-state index in [0.29, 0.717) is 11.5 Å². The Balaban J connectivity index is 2.20. The molecule has 2 aromatic rings. The molecule has 0 fully saturated rings. The van der Waals surface area contributed by atoms with Gasteiger partial charge in [0.15, 0.2) is 17.6 Å². The van der Waals surface area contributed by atoms with E-state index < -0.39 is 12.1 Å². The summed E-state index contributed by atoms with van der Waals surface area (Å²) < 4.78 is 11.8. The summed E-state index contributed by atoms with van der Waals surface area (Å²) in [5.41, 5.74) is 2.87. The first kappa shape index (κ1) is 18.3. The Bertz CT molecular complexity index is 774. The molecule has 6 heteroatoms. The molecule has 0 amide bonds. The van der Waals surface area contributed by atoms with E-state index in [4.69, 9.17) is 14.6 Å². The molecule has 0 aromatic heterocycles. The lowest BCUT2D eigenvalue weighted by atomic mass is 10.2. The van der Waals surface area contributed by atoms with Gasteiger partial charge in [0.2, 0.25) is 0 Å². The van der Waals surface area contributed by atoms with Crippen molar-refractivity contribution in [2.45, 2.75) is 20.0 Å². The molecule has 0 saturated heterocycles. The summed E-state index contributed by atoms with van der Waals surface area (Å²) in [7, 11) is 1.51. The Morgan fingerprint density at radius 3 is 2.62 bits per heavy atom. The van der Waals surface area contributed by atoms with Crippen molar-refractivity contribution in [2.75, 3.05) is 7.11 Å². The Kier molecular flexibility index (Phi) is 6.19. The minimum absolute atomic E-state index is 0.384. The van der Waals surface area contributed by atoms with Gasteiger partial charge in [-0.3, -0.25) is 4.99 Å². The Morgan fingerprint density at radius 2 is 2.00 bits per heavy atom. The third kappa shape index (κ3) is 4.70. The first-order valence-corrected chi connectivity index (χ1v) is 8.36. The van der Waals surface area contributed by atoms with Gasteiger partial charge in [-0.2, -0.15) is 0 Å². The number of carbonyl (C=O) groups is 1. The molecule has 2 rings (SSSR count). The number of nitrogens with zero attached hydrogens (tertiary/aromatic N) is 1. The number of rotatable bonds is 6. The number of methoxy groups -OCH3 is 1. The molecule has 0 spiro atoms. The molecule has 0 radical (unpaired) electrons. The minimum atomic E-state index is -1.03. The number of hydrogen-bond donors (Lipinski definition) is 1. The number of halogens is 1.